The minimum absolute atomic E-state index is 0.231. The van der Waals surface area contributed by atoms with Gasteiger partial charge in [0.2, 0.25) is 5.91 Å². The average molecular weight is 409 g/mol. The van der Waals surface area contributed by atoms with Gasteiger partial charge in [-0.05, 0) is 39.2 Å². The third-order valence-electron chi connectivity index (χ3n) is 5.60. The van der Waals surface area contributed by atoms with Crippen molar-refractivity contribution in [2.75, 3.05) is 13.1 Å². The summed E-state index contributed by atoms with van der Waals surface area (Å²) in [6.07, 6.45) is 6.34. The third-order valence-corrected chi connectivity index (χ3v) is 6.42. The topological polar surface area (TPSA) is 51.0 Å². The van der Waals surface area contributed by atoms with E-state index in [0.717, 1.165) is 54.6 Å². The van der Waals surface area contributed by atoms with Gasteiger partial charge in [-0.1, -0.05) is 29.3 Å². The van der Waals surface area contributed by atoms with Gasteiger partial charge in [-0.3, -0.25) is 4.79 Å². The van der Waals surface area contributed by atoms with Gasteiger partial charge in [0.05, 0.1) is 23.7 Å². The summed E-state index contributed by atoms with van der Waals surface area (Å²) >= 11 is 1.68. The summed E-state index contributed by atoms with van der Waals surface area (Å²) in [5, 5.41) is 3.21. The van der Waals surface area contributed by atoms with Crippen LogP contribution in [-0.4, -0.2) is 38.4 Å². The molecule has 4 rings (SSSR count). The fourth-order valence-electron chi connectivity index (χ4n) is 4.31. The molecule has 0 aliphatic carbocycles. The van der Waals surface area contributed by atoms with Gasteiger partial charge in [-0.2, -0.15) is 0 Å². The number of hydrogen-bond acceptors (Lipinski definition) is 4. The SMILES string of the molecule is Cc1cc(C)cc(CC(=O)N2CCC(c3nccn3Cc3csc(C)n3)CC2)c1. The largest absolute Gasteiger partial charge is 0.342 e. The highest BCUT2D eigenvalue weighted by Crippen LogP contribution is 2.28. The molecule has 0 unspecified atom stereocenters. The fraction of sp³-hybridized carbons (Fsp3) is 0.435. The molecule has 0 radical (unpaired) electrons. The zero-order valence-electron chi connectivity index (χ0n) is 17.4. The second-order valence-corrected chi connectivity index (χ2v) is 9.16. The van der Waals surface area contributed by atoms with Crippen molar-refractivity contribution in [1.29, 1.82) is 0 Å². The van der Waals surface area contributed by atoms with E-state index in [-0.39, 0.29) is 5.91 Å². The Kier molecular flexibility index (Phi) is 5.81. The minimum atomic E-state index is 0.231. The highest BCUT2D eigenvalue weighted by molar-refractivity contribution is 7.09. The van der Waals surface area contributed by atoms with Gasteiger partial charge in [0.1, 0.15) is 5.82 Å². The molecule has 0 bridgehead atoms. The van der Waals surface area contributed by atoms with E-state index < -0.39 is 0 Å². The molecule has 0 atom stereocenters. The number of carbonyl (C=O) groups excluding carboxylic acids is 1. The summed E-state index contributed by atoms with van der Waals surface area (Å²) in [5.74, 6) is 1.75. The second-order valence-electron chi connectivity index (χ2n) is 8.10. The van der Waals surface area contributed by atoms with Crippen molar-refractivity contribution in [3.8, 4) is 0 Å². The number of benzene rings is 1. The maximum Gasteiger partial charge on any atom is 0.226 e. The lowest BCUT2D eigenvalue weighted by molar-refractivity contribution is -0.131. The monoisotopic (exact) mass is 408 g/mol. The molecule has 6 heteroatoms. The van der Waals surface area contributed by atoms with Crippen molar-refractivity contribution in [2.24, 2.45) is 0 Å². The number of aromatic nitrogens is 3. The molecule has 1 aromatic carbocycles. The molecule has 0 saturated carbocycles. The third kappa shape index (κ3) is 4.75. The quantitative estimate of drug-likeness (QED) is 0.634. The van der Waals surface area contributed by atoms with Crippen molar-refractivity contribution in [3.05, 3.63) is 69.2 Å². The Morgan fingerprint density at radius 1 is 1.14 bits per heavy atom. The standard InChI is InChI=1S/C23H28N4OS/c1-16-10-17(2)12-19(11-16)13-22(28)26-7-4-20(5-8-26)23-24-6-9-27(23)14-21-15-29-18(3)25-21/h6,9-12,15,20H,4-5,7-8,13-14H2,1-3H3. The lowest BCUT2D eigenvalue weighted by atomic mass is 9.95. The predicted octanol–water partition coefficient (Wildman–Crippen LogP) is 4.26. The van der Waals surface area contributed by atoms with Gasteiger partial charge in [0, 0.05) is 36.8 Å². The number of rotatable bonds is 5. The van der Waals surface area contributed by atoms with E-state index >= 15 is 0 Å². The van der Waals surface area contributed by atoms with E-state index in [1.165, 1.54) is 11.1 Å². The Bertz CT molecular complexity index is 978. The predicted molar refractivity (Wildman–Crippen MR) is 116 cm³/mol. The molecule has 2 aromatic heterocycles. The first-order valence-electron chi connectivity index (χ1n) is 10.2. The first-order valence-corrected chi connectivity index (χ1v) is 11.1. The number of piperidine rings is 1. The summed E-state index contributed by atoms with van der Waals surface area (Å²) in [6, 6.07) is 6.39. The zero-order chi connectivity index (χ0) is 20.4. The summed E-state index contributed by atoms with van der Waals surface area (Å²) < 4.78 is 2.21. The van der Waals surface area contributed by atoms with Crippen LogP contribution in [0.3, 0.4) is 0 Å². The fourth-order valence-corrected chi connectivity index (χ4v) is 4.92. The van der Waals surface area contributed by atoms with E-state index in [9.17, 15) is 4.79 Å². The number of hydrogen-bond donors (Lipinski definition) is 0. The maximum absolute atomic E-state index is 12.8. The van der Waals surface area contributed by atoms with Gasteiger partial charge >= 0.3 is 0 Å². The van der Waals surface area contributed by atoms with Crippen LogP contribution in [0.1, 0.15) is 52.0 Å². The van der Waals surface area contributed by atoms with Crippen molar-refractivity contribution in [3.63, 3.8) is 0 Å². The van der Waals surface area contributed by atoms with Crippen LogP contribution in [0.2, 0.25) is 0 Å². The van der Waals surface area contributed by atoms with E-state index in [2.05, 4.69) is 52.0 Å². The lowest BCUT2D eigenvalue weighted by Crippen LogP contribution is -2.39. The van der Waals surface area contributed by atoms with E-state index in [0.29, 0.717) is 12.3 Å². The molecule has 29 heavy (non-hydrogen) atoms. The van der Waals surface area contributed by atoms with Gasteiger partial charge in [0.15, 0.2) is 0 Å². The Morgan fingerprint density at radius 3 is 2.52 bits per heavy atom. The number of carbonyl (C=O) groups is 1. The smallest absolute Gasteiger partial charge is 0.226 e. The molecular formula is C23H28N4OS. The van der Waals surface area contributed by atoms with Crippen LogP contribution < -0.4 is 0 Å². The van der Waals surface area contributed by atoms with Crippen LogP contribution >= 0.6 is 11.3 Å². The van der Waals surface area contributed by atoms with Crippen LogP contribution in [0, 0.1) is 20.8 Å². The molecule has 0 spiro atoms. The van der Waals surface area contributed by atoms with E-state index in [4.69, 9.17) is 0 Å². The number of thiazole rings is 1. The number of imidazole rings is 1. The summed E-state index contributed by atoms with van der Waals surface area (Å²) in [5.41, 5.74) is 4.64. The van der Waals surface area contributed by atoms with Gasteiger partial charge in [0.25, 0.3) is 0 Å². The molecule has 3 heterocycles. The normalized spacial score (nSPS) is 15.1. The Labute approximate surface area is 176 Å². The number of nitrogens with zero attached hydrogens (tertiary/aromatic N) is 4. The lowest BCUT2D eigenvalue weighted by Gasteiger charge is -2.32. The Morgan fingerprint density at radius 2 is 1.86 bits per heavy atom. The summed E-state index contributed by atoms with van der Waals surface area (Å²) in [7, 11) is 0. The van der Waals surface area contributed by atoms with Crippen LogP contribution in [0.4, 0.5) is 0 Å². The highest BCUT2D eigenvalue weighted by Gasteiger charge is 2.26. The van der Waals surface area contributed by atoms with Gasteiger partial charge < -0.3 is 9.47 Å². The van der Waals surface area contributed by atoms with Crippen LogP contribution in [-0.2, 0) is 17.8 Å². The van der Waals surface area contributed by atoms with Gasteiger partial charge in [-0.25, -0.2) is 9.97 Å². The van der Waals surface area contributed by atoms with Crippen LogP contribution in [0.25, 0.3) is 0 Å². The molecule has 5 nitrogen and oxygen atoms in total. The minimum Gasteiger partial charge on any atom is -0.342 e. The molecule has 3 aromatic rings. The maximum atomic E-state index is 12.8. The number of likely N-dealkylation sites (tertiary alicyclic amines) is 1. The molecule has 152 valence electrons. The average Bonchev–Trinajstić information content (AvgIpc) is 3.30. The summed E-state index contributed by atoms with van der Waals surface area (Å²) in [4.78, 5) is 24.0. The number of aryl methyl sites for hydroxylation is 3. The zero-order valence-corrected chi connectivity index (χ0v) is 18.2. The molecule has 0 N–H and O–H groups in total. The van der Waals surface area contributed by atoms with Gasteiger partial charge in [-0.15, -0.1) is 11.3 Å². The highest BCUT2D eigenvalue weighted by atomic mass is 32.1. The first-order chi connectivity index (χ1) is 14.0. The Balaban J connectivity index is 1.36. The molecule has 1 amide bonds. The molecule has 1 fully saturated rings. The molecule has 1 aliphatic heterocycles. The van der Waals surface area contributed by atoms with Crippen molar-refractivity contribution in [1.82, 2.24) is 19.4 Å². The second kappa shape index (κ2) is 8.49. The first kappa shape index (κ1) is 19.8. The Hall–Kier alpha value is -2.47. The van der Waals surface area contributed by atoms with Crippen molar-refractivity contribution in [2.45, 2.75) is 52.5 Å². The summed E-state index contributed by atoms with van der Waals surface area (Å²) in [6.45, 7) is 8.58. The van der Waals surface area contributed by atoms with E-state index in [1.807, 2.05) is 24.2 Å². The molecule has 1 aliphatic rings. The number of amides is 1. The van der Waals surface area contributed by atoms with Crippen LogP contribution in [0.15, 0.2) is 36.0 Å². The van der Waals surface area contributed by atoms with Crippen LogP contribution in [0.5, 0.6) is 0 Å². The van der Waals surface area contributed by atoms with E-state index in [1.54, 1.807) is 11.3 Å². The molecule has 1 saturated heterocycles. The van der Waals surface area contributed by atoms with Crippen molar-refractivity contribution < 1.29 is 4.79 Å². The van der Waals surface area contributed by atoms with Crippen molar-refractivity contribution >= 4 is 17.2 Å². The molecular weight excluding hydrogens is 380 g/mol.